The van der Waals surface area contributed by atoms with Gasteiger partial charge in [0.05, 0.1) is 11.8 Å². The summed E-state index contributed by atoms with van der Waals surface area (Å²) in [6, 6.07) is 27.9. The van der Waals surface area contributed by atoms with Gasteiger partial charge in [-0.3, -0.25) is 9.69 Å². The van der Waals surface area contributed by atoms with E-state index in [4.69, 9.17) is 26.2 Å². The van der Waals surface area contributed by atoms with Gasteiger partial charge in [-0.15, -0.1) is 11.8 Å². The summed E-state index contributed by atoms with van der Waals surface area (Å²) in [5.41, 5.74) is 11.2. The lowest BCUT2D eigenvalue weighted by atomic mass is 10.0. The number of carboxylic acids is 2. The van der Waals surface area contributed by atoms with Gasteiger partial charge in [-0.25, -0.2) is 14.4 Å². The Kier molecular flexibility index (Phi) is 14.8. The van der Waals surface area contributed by atoms with Crippen LogP contribution in [0.15, 0.2) is 84.9 Å². The van der Waals surface area contributed by atoms with Crippen LogP contribution in [0.1, 0.15) is 54.7 Å². The first-order valence-electron chi connectivity index (χ1n) is 16.5. The zero-order valence-corrected chi connectivity index (χ0v) is 30.0. The second kappa shape index (κ2) is 19.0. The Balaban J connectivity index is 0.000000196. The van der Waals surface area contributed by atoms with Crippen LogP contribution in [0.3, 0.4) is 0 Å². The van der Waals surface area contributed by atoms with Crippen molar-refractivity contribution < 1.29 is 38.9 Å². The normalized spacial score (nSPS) is 16.7. The Bertz CT molecular complexity index is 1950. The number of ether oxygens (including phenoxy) is 2. The van der Waals surface area contributed by atoms with E-state index in [0.29, 0.717) is 11.6 Å². The number of carboxylic acid groups (broad SMARTS) is 2. The Morgan fingerprint density at radius 3 is 1.68 bits per heavy atom. The van der Waals surface area contributed by atoms with Gasteiger partial charge in [0.1, 0.15) is 19.3 Å². The van der Waals surface area contributed by atoms with Crippen molar-refractivity contribution in [3.8, 4) is 22.3 Å². The van der Waals surface area contributed by atoms with Gasteiger partial charge >= 0.3 is 23.5 Å². The van der Waals surface area contributed by atoms with Crippen molar-refractivity contribution in [3.63, 3.8) is 0 Å². The molecule has 8 rings (SSSR count). The molecular formula is C41H44ClNO8S2. The molecule has 1 amide bonds. The van der Waals surface area contributed by atoms with E-state index in [1.807, 2.05) is 48.5 Å². The maximum Gasteiger partial charge on any atom is 0.411 e. The maximum atomic E-state index is 12.3. The van der Waals surface area contributed by atoms with Crippen LogP contribution in [0.5, 0.6) is 0 Å². The summed E-state index contributed by atoms with van der Waals surface area (Å²) in [5, 5.41) is 17.6. The molecule has 9 nitrogen and oxygen atoms in total. The maximum absolute atomic E-state index is 12.3. The zero-order chi connectivity index (χ0) is 35.9. The number of amides is 1. The molecule has 2 saturated heterocycles. The highest BCUT2D eigenvalue weighted by molar-refractivity contribution is 7.99. The summed E-state index contributed by atoms with van der Waals surface area (Å²) in [7, 11) is 0. The Morgan fingerprint density at radius 2 is 1.21 bits per heavy atom. The molecule has 0 bridgehead atoms. The fourth-order valence-corrected chi connectivity index (χ4v) is 9.03. The summed E-state index contributed by atoms with van der Waals surface area (Å²) in [4.78, 5) is 45.6. The topological polar surface area (TPSA) is 130 Å². The lowest BCUT2D eigenvalue weighted by Gasteiger charge is -2.20. The van der Waals surface area contributed by atoms with Crippen LogP contribution in [0.2, 0.25) is 0 Å². The minimum absolute atomic E-state index is 0. The standard InChI is InChI=1S/C19H17NO4S.C15H11ClO2.C5H8O2S.2CH4/c21-18(22)17-10-25-11-20(17)19(23)24-9-13-5-3-7-15-14-6-2-1-4-12(14)8-16(13)15;16-15(17)18-9-11-5-3-7-13-12-6-2-1-4-10(12)8-14(11)13;6-5(7)4-1-2-8-3-4;;/h1-7,17H,8-11H2,(H,21,22);1-7H,8-9H2;4H,1-3H2,(H,6,7);2*1H4. The molecular weight excluding hydrogens is 734 g/mol. The van der Waals surface area contributed by atoms with Crippen LogP contribution >= 0.6 is 35.1 Å². The highest BCUT2D eigenvalue weighted by Gasteiger charge is 2.36. The van der Waals surface area contributed by atoms with E-state index in [9.17, 15) is 24.3 Å². The van der Waals surface area contributed by atoms with Crippen molar-refractivity contribution in [1.82, 2.24) is 4.90 Å². The predicted molar refractivity (Wildman–Crippen MR) is 213 cm³/mol. The minimum Gasteiger partial charge on any atom is -0.481 e. The number of thioether (sulfide) groups is 2. The molecule has 12 heteroatoms. The molecule has 2 atom stereocenters. The minimum atomic E-state index is -0.988. The van der Waals surface area contributed by atoms with Crippen molar-refractivity contribution >= 4 is 58.6 Å². The SMILES string of the molecule is C.C.O=C(Cl)OCc1cccc2c1Cc1ccccc1-2.O=C(O)C1CCSC1.O=C(O)C1CSCN1C(=O)OCc1cccc2c1Cc1ccccc1-2. The number of nitrogens with zero attached hydrogens (tertiary/aromatic N) is 1. The molecule has 0 aromatic heterocycles. The van der Waals surface area contributed by atoms with Crippen molar-refractivity contribution in [2.75, 3.05) is 23.1 Å². The van der Waals surface area contributed by atoms with E-state index < -0.39 is 29.5 Å². The van der Waals surface area contributed by atoms with E-state index in [1.165, 1.54) is 61.2 Å². The van der Waals surface area contributed by atoms with E-state index in [2.05, 4.69) is 36.4 Å². The monoisotopic (exact) mass is 777 g/mol. The number of hydrogen-bond acceptors (Lipinski definition) is 8. The smallest absolute Gasteiger partial charge is 0.411 e. The van der Waals surface area contributed by atoms with Gasteiger partial charge in [0, 0.05) is 23.1 Å². The molecule has 4 aliphatic rings. The third kappa shape index (κ3) is 9.76. The van der Waals surface area contributed by atoms with E-state index >= 15 is 0 Å². The molecule has 2 heterocycles. The Morgan fingerprint density at radius 1 is 0.679 bits per heavy atom. The lowest BCUT2D eigenvalue weighted by molar-refractivity contribution is -0.142. The lowest BCUT2D eigenvalue weighted by Crippen LogP contribution is -2.42. The highest BCUT2D eigenvalue weighted by atomic mass is 35.5. The van der Waals surface area contributed by atoms with Crippen LogP contribution in [0, 0.1) is 5.92 Å². The molecule has 0 saturated carbocycles. The molecule has 2 fully saturated rings. The van der Waals surface area contributed by atoms with Crippen molar-refractivity contribution in [2.24, 2.45) is 5.92 Å². The van der Waals surface area contributed by atoms with Crippen LogP contribution in [-0.2, 0) is 45.1 Å². The number of carbonyl (C=O) groups excluding carboxylic acids is 2. The van der Waals surface area contributed by atoms with E-state index in [1.54, 1.807) is 11.8 Å². The van der Waals surface area contributed by atoms with Gasteiger partial charge in [-0.05, 0) is 80.6 Å². The second-order valence-corrected chi connectivity index (χ2v) is 14.8. The number of benzene rings is 4. The largest absolute Gasteiger partial charge is 0.481 e. The fourth-order valence-electron chi connectivity index (χ4n) is 6.63. The number of hydrogen-bond donors (Lipinski definition) is 2. The van der Waals surface area contributed by atoms with Gasteiger partial charge < -0.3 is 19.7 Å². The molecule has 2 N–H and O–H groups in total. The summed E-state index contributed by atoms with van der Waals surface area (Å²) < 4.78 is 10.3. The third-order valence-corrected chi connectivity index (χ3v) is 11.6. The summed E-state index contributed by atoms with van der Waals surface area (Å²) in [6.45, 7) is 0.392. The zero-order valence-electron chi connectivity index (χ0n) is 27.6. The van der Waals surface area contributed by atoms with Gasteiger partial charge in [0.25, 0.3) is 0 Å². The van der Waals surface area contributed by atoms with Crippen LogP contribution in [0.4, 0.5) is 9.59 Å². The molecule has 2 aliphatic heterocycles. The quantitative estimate of drug-likeness (QED) is 0.158. The molecule has 280 valence electrons. The Hall–Kier alpha value is -4.45. The third-order valence-electron chi connectivity index (χ3n) is 9.27. The van der Waals surface area contributed by atoms with Crippen LogP contribution < -0.4 is 0 Å². The first-order valence-corrected chi connectivity index (χ1v) is 19.1. The van der Waals surface area contributed by atoms with Gasteiger partial charge in [0.2, 0.25) is 0 Å². The van der Waals surface area contributed by atoms with Crippen molar-refractivity contribution in [2.45, 2.75) is 53.4 Å². The van der Waals surface area contributed by atoms with Gasteiger partial charge in [0.15, 0.2) is 0 Å². The predicted octanol–water partition coefficient (Wildman–Crippen LogP) is 9.58. The fraction of sp³-hybridized carbons (Fsp3) is 0.317. The molecule has 2 aliphatic carbocycles. The molecule has 53 heavy (non-hydrogen) atoms. The van der Waals surface area contributed by atoms with Crippen LogP contribution in [-0.4, -0.2) is 67.8 Å². The van der Waals surface area contributed by atoms with Gasteiger partial charge in [-0.2, -0.15) is 11.8 Å². The number of rotatable bonds is 6. The molecule has 2 unspecified atom stereocenters. The van der Waals surface area contributed by atoms with Crippen molar-refractivity contribution in [3.05, 3.63) is 118 Å². The van der Waals surface area contributed by atoms with Gasteiger partial charge in [-0.1, -0.05) is 99.8 Å². The van der Waals surface area contributed by atoms with Crippen LogP contribution in [0.25, 0.3) is 22.3 Å². The summed E-state index contributed by atoms with van der Waals surface area (Å²) in [6.07, 6.45) is 2.02. The first kappa shape index (κ1) is 41.3. The summed E-state index contributed by atoms with van der Waals surface area (Å²) in [5.74, 6) is 0.925. The number of carbonyl (C=O) groups is 4. The second-order valence-electron chi connectivity index (χ2n) is 12.4. The number of fused-ring (bicyclic) bond motifs is 6. The molecule has 0 radical (unpaired) electrons. The average molecular weight is 778 g/mol. The van der Waals surface area contributed by atoms with E-state index in [0.717, 1.165) is 41.9 Å². The first-order chi connectivity index (χ1) is 24.7. The Labute approximate surface area is 324 Å². The average Bonchev–Trinajstić information content (AvgIpc) is 3.95. The molecule has 0 spiro atoms. The number of aliphatic carboxylic acids is 2. The number of halogens is 1. The van der Waals surface area contributed by atoms with Crippen molar-refractivity contribution in [1.29, 1.82) is 0 Å². The molecule has 4 aromatic carbocycles. The van der Waals surface area contributed by atoms with E-state index in [-0.39, 0.29) is 34.0 Å². The molecule has 4 aromatic rings. The summed E-state index contributed by atoms with van der Waals surface area (Å²) >= 11 is 8.36. The highest BCUT2D eigenvalue weighted by Crippen LogP contribution is 2.39.